The second-order valence-electron chi connectivity index (χ2n) is 7.24. The SMILES string of the molecule is O=C(NCC1(C(=O)O)CC1)C1CCCN(S(=O)(=O)Cc2ccccc2)C1. The Morgan fingerprint density at radius 2 is 1.92 bits per heavy atom. The van der Waals surface area contributed by atoms with Gasteiger partial charge < -0.3 is 10.4 Å². The first-order valence-electron chi connectivity index (χ1n) is 8.85. The average molecular weight is 380 g/mol. The fraction of sp³-hybridized carbons (Fsp3) is 0.556. The van der Waals surface area contributed by atoms with Crippen molar-refractivity contribution in [1.29, 1.82) is 0 Å². The lowest BCUT2D eigenvalue weighted by Gasteiger charge is -2.31. The topological polar surface area (TPSA) is 104 Å². The number of carbonyl (C=O) groups is 2. The molecule has 1 saturated heterocycles. The molecule has 1 aromatic rings. The maximum absolute atomic E-state index is 12.7. The minimum atomic E-state index is -3.49. The van der Waals surface area contributed by atoms with Crippen LogP contribution in [0.4, 0.5) is 0 Å². The minimum Gasteiger partial charge on any atom is -0.481 e. The van der Waals surface area contributed by atoms with Crippen LogP contribution in [0.25, 0.3) is 0 Å². The van der Waals surface area contributed by atoms with Gasteiger partial charge in [-0.3, -0.25) is 9.59 Å². The Kier molecular flexibility index (Phi) is 5.34. The molecule has 1 heterocycles. The van der Waals surface area contributed by atoms with Crippen LogP contribution < -0.4 is 5.32 Å². The summed E-state index contributed by atoms with van der Waals surface area (Å²) in [5, 5.41) is 11.9. The highest BCUT2D eigenvalue weighted by Crippen LogP contribution is 2.45. The lowest BCUT2D eigenvalue weighted by molar-refractivity contribution is -0.143. The van der Waals surface area contributed by atoms with Crippen LogP contribution in [-0.4, -0.2) is 49.3 Å². The molecule has 1 aromatic carbocycles. The van der Waals surface area contributed by atoms with Gasteiger partial charge in [0.25, 0.3) is 0 Å². The van der Waals surface area contributed by atoms with Crippen LogP contribution in [0.3, 0.4) is 0 Å². The fourth-order valence-corrected chi connectivity index (χ4v) is 4.91. The van der Waals surface area contributed by atoms with Crippen LogP contribution >= 0.6 is 0 Å². The van der Waals surface area contributed by atoms with E-state index in [1.54, 1.807) is 24.3 Å². The Balaban J connectivity index is 1.58. The van der Waals surface area contributed by atoms with Gasteiger partial charge in [-0.1, -0.05) is 30.3 Å². The van der Waals surface area contributed by atoms with E-state index in [4.69, 9.17) is 0 Å². The molecule has 0 bridgehead atoms. The van der Waals surface area contributed by atoms with Crippen molar-refractivity contribution in [2.24, 2.45) is 11.3 Å². The standard InChI is InChI=1S/C18H24N2O5S/c21-16(19-13-18(8-9-18)17(22)23)15-7-4-10-20(11-15)26(24,25)12-14-5-2-1-3-6-14/h1-3,5-6,15H,4,7-13H2,(H,19,21)(H,22,23). The molecule has 1 aliphatic heterocycles. The Bertz CT molecular complexity index is 774. The molecule has 7 nitrogen and oxygen atoms in total. The summed E-state index contributed by atoms with van der Waals surface area (Å²) in [6.07, 6.45) is 2.38. The Hall–Kier alpha value is -1.93. The van der Waals surface area contributed by atoms with Gasteiger partial charge in [0.15, 0.2) is 0 Å². The van der Waals surface area contributed by atoms with Gasteiger partial charge >= 0.3 is 5.97 Å². The molecule has 2 fully saturated rings. The van der Waals surface area contributed by atoms with Crippen LogP contribution in [-0.2, 0) is 25.4 Å². The Morgan fingerprint density at radius 3 is 2.54 bits per heavy atom. The number of carbonyl (C=O) groups excluding carboxylic acids is 1. The molecule has 1 aliphatic carbocycles. The van der Waals surface area contributed by atoms with Crippen LogP contribution in [0, 0.1) is 11.3 Å². The number of nitrogens with one attached hydrogen (secondary N) is 1. The molecule has 8 heteroatoms. The zero-order chi connectivity index (χ0) is 18.8. The summed E-state index contributed by atoms with van der Waals surface area (Å²) in [6, 6.07) is 8.97. The fourth-order valence-electron chi connectivity index (χ4n) is 3.30. The van der Waals surface area contributed by atoms with Crippen molar-refractivity contribution in [1.82, 2.24) is 9.62 Å². The van der Waals surface area contributed by atoms with E-state index < -0.39 is 27.3 Å². The lowest BCUT2D eigenvalue weighted by atomic mass is 9.98. The minimum absolute atomic E-state index is 0.0791. The van der Waals surface area contributed by atoms with Crippen molar-refractivity contribution in [3.8, 4) is 0 Å². The van der Waals surface area contributed by atoms with Gasteiger partial charge in [0.05, 0.1) is 17.1 Å². The third-order valence-electron chi connectivity index (χ3n) is 5.25. The van der Waals surface area contributed by atoms with Crippen molar-refractivity contribution < 1.29 is 23.1 Å². The van der Waals surface area contributed by atoms with Crippen molar-refractivity contribution in [3.05, 3.63) is 35.9 Å². The summed E-state index contributed by atoms with van der Waals surface area (Å²) in [4.78, 5) is 23.6. The molecule has 1 saturated carbocycles. The number of carboxylic acid groups (broad SMARTS) is 1. The van der Waals surface area contributed by atoms with Crippen molar-refractivity contribution in [3.63, 3.8) is 0 Å². The van der Waals surface area contributed by atoms with E-state index in [0.29, 0.717) is 32.2 Å². The highest BCUT2D eigenvalue weighted by atomic mass is 32.2. The van der Waals surface area contributed by atoms with Gasteiger partial charge in [-0.15, -0.1) is 0 Å². The number of sulfonamides is 1. The van der Waals surface area contributed by atoms with E-state index in [1.807, 2.05) is 6.07 Å². The summed E-state index contributed by atoms with van der Waals surface area (Å²) in [5.74, 6) is -1.64. The number of carboxylic acids is 1. The number of piperidine rings is 1. The van der Waals surface area contributed by atoms with E-state index in [-0.39, 0.29) is 24.7 Å². The molecule has 0 aromatic heterocycles. The van der Waals surface area contributed by atoms with Gasteiger partial charge in [-0.05, 0) is 31.2 Å². The van der Waals surface area contributed by atoms with Gasteiger partial charge in [-0.25, -0.2) is 12.7 Å². The van der Waals surface area contributed by atoms with E-state index >= 15 is 0 Å². The van der Waals surface area contributed by atoms with Crippen molar-refractivity contribution in [2.45, 2.75) is 31.4 Å². The highest BCUT2D eigenvalue weighted by Gasteiger charge is 2.50. The summed E-state index contributed by atoms with van der Waals surface area (Å²) in [7, 11) is -3.49. The van der Waals surface area contributed by atoms with Crippen molar-refractivity contribution in [2.75, 3.05) is 19.6 Å². The van der Waals surface area contributed by atoms with Crippen LogP contribution in [0.5, 0.6) is 0 Å². The van der Waals surface area contributed by atoms with E-state index in [2.05, 4.69) is 5.32 Å². The van der Waals surface area contributed by atoms with Gasteiger partial charge in [-0.2, -0.15) is 0 Å². The van der Waals surface area contributed by atoms with Crippen molar-refractivity contribution >= 4 is 21.9 Å². The van der Waals surface area contributed by atoms with Crippen LogP contribution in [0.2, 0.25) is 0 Å². The van der Waals surface area contributed by atoms with Crippen LogP contribution in [0.1, 0.15) is 31.2 Å². The monoisotopic (exact) mass is 380 g/mol. The number of amides is 1. The van der Waals surface area contributed by atoms with E-state index in [0.717, 1.165) is 5.56 Å². The number of hydrogen-bond acceptors (Lipinski definition) is 4. The molecule has 1 atom stereocenters. The molecule has 3 rings (SSSR count). The second kappa shape index (κ2) is 7.36. The van der Waals surface area contributed by atoms with Gasteiger partial charge in [0, 0.05) is 19.6 Å². The maximum Gasteiger partial charge on any atom is 0.311 e. The number of rotatable bonds is 7. The lowest BCUT2D eigenvalue weighted by Crippen LogP contribution is -2.47. The summed E-state index contributed by atoms with van der Waals surface area (Å²) in [6.45, 7) is 0.688. The third kappa shape index (κ3) is 4.24. The quantitative estimate of drug-likeness (QED) is 0.740. The molecular formula is C18H24N2O5S. The third-order valence-corrected chi connectivity index (χ3v) is 7.07. The van der Waals surface area contributed by atoms with E-state index in [1.165, 1.54) is 4.31 Å². The smallest absolute Gasteiger partial charge is 0.311 e. The first kappa shape index (κ1) is 18.8. The molecular weight excluding hydrogens is 356 g/mol. The summed E-state index contributed by atoms with van der Waals surface area (Å²) >= 11 is 0. The van der Waals surface area contributed by atoms with E-state index in [9.17, 15) is 23.1 Å². The van der Waals surface area contributed by atoms with Gasteiger partial charge in [0.2, 0.25) is 15.9 Å². The molecule has 2 N–H and O–H groups in total. The average Bonchev–Trinajstić information content (AvgIpc) is 3.42. The molecule has 26 heavy (non-hydrogen) atoms. The van der Waals surface area contributed by atoms with Gasteiger partial charge in [0.1, 0.15) is 0 Å². The normalized spacial score (nSPS) is 22.5. The predicted molar refractivity (Wildman–Crippen MR) is 95.7 cm³/mol. The molecule has 142 valence electrons. The maximum atomic E-state index is 12.7. The predicted octanol–water partition coefficient (Wildman–Crippen LogP) is 1.21. The first-order chi connectivity index (χ1) is 12.3. The molecule has 1 unspecified atom stereocenters. The molecule has 0 spiro atoms. The zero-order valence-electron chi connectivity index (χ0n) is 14.6. The zero-order valence-corrected chi connectivity index (χ0v) is 15.4. The number of aliphatic carboxylic acids is 1. The number of nitrogens with zero attached hydrogens (tertiary/aromatic N) is 1. The molecule has 0 radical (unpaired) electrons. The Labute approximate surface area is 153 Å². The number of hydrogen-bond donors (Lipinski definition) is 2. The summed E-state index contributed by atoms with van der Waals surface area (Å²) in [5.41, 5.74) is -0.0974. The summed E-state index contributed by atoms with van der Waals surface area (Å²) < 4.78 is 26.7. The second-order valence-corrected chi connectivity index (χ2v) is 9.21. The first-order valence-corrected chi connectivity index (χ1v) is 10.5. The molecule has 1 amide bonds. The molecule has 2 aliphatic rings. The number of benzene rings is 1. The highest BCUT2D eigenvalue weighted by molar-refractivity contribution is 7.88. The Morgan fingerprint density at radius 1 is 1.23 bits per heavy atom. The largest absolute Gasteiger partial charge is 0.481 e. The van der Waals surface area contributed by atoms with Crippen LogP contribution in [0.15, 0.2) is 30.3 Å².